The number of ether oxygens (including phenoxy) is 1. The van der Waals surface area contributed by atoms with Gasteiger partial charge in [0.1, 0.15) is 11.4 Å². The molecule has 5 nitrogen and oxygen atoms in total. The maximum Gasteiger partial charge on any atom is 0.269 e. The molecule has 0 atom stereocenters. The molecule has 0 amide bonds. The minimum atomic E-state index is -0.377. The zero-order valence-corrected chi connectivity index (χ0v) is 16.3. The fourth-order valence-corrected chi connectivity index (χ4v) is 4.71. The van der Waals surface area contributed by atoms with Crippen molar-refractivity contribution < 1.29 is 9.66 Å². The Balaban J connectivity index is 1.50. The van der Waals surface area contributed by atoms with Crippen LogP contribution in [0, 0.1) is 16.0 Å². The minimum Gasteiger partial charge on any atom is -0.482 e. The molecule has 0 aromatic heterocycles. The molecule has 0 radical (unpaired) electrons. The number of likely N-dealkylation sites (tertiary alicyclic amines) is 1. The van der Waals surface area contributed by atoms with E-state index in [2.05, 4.69) is 29.2 Å². The predicted octanol–water partition coefficient (Wildman–Crippen LogP) is 5.16. The normalized spacial score (nSPS) is 20.1. The molecular weight excluding hydrogens is 352 g/mol. The Morgan fingerprint density at radius 3 is 2.25 bits per heavy atom. The lowest BCUT2D eigenvalue weighted by Gasteiger charge is -2.43. The highest BCUT2D eigenvalue weighted by Crippen LogP contribution is 2.39. The molecule has 0 unspecified atom stereocenters. The van der Waals surface area contributed by atoms with Crippen molar-refractivity contribution in [1.29, 1.82) is 0 Å². The Hall–Kier alpha value is -2.40. The lowest BCUT2D eigenvalue weighted by Crippen LogP contribution is -2.47. The van der Waals surface area contributed by atoms with Crippen LogP contribution < -0.4 is 4.74 Å². The van der Waals surface area contributed by atoms with Crippen LogP contribution in [0.4, 0.5) is 5.69 Å². The van der Waals surface area contributed by atoms with Gasteiger partial charge in [0.25, 0.3) is 5.69 Å². The highest BCUT2D eigenvalue weighted by Gasteiger charge is 2.39. The Bertz CT molecular complexity index is 777. The molecule has 0 bridgehead atoms. The Morgan fingerprint density at radius 2 is 1.64 bits per heavy atom. The molecule has 2 aromatic carbocycles. The second-order valence-electron chi connectivity index (χ2n) is 8.16. The minimum absolute atomic E-state index is 0.0903. The van der Waals surface area contributed by atoms with E-state index in [0.717, 1.165) is 31.8 Å². The largest absolute Gasteiger partial charge is 0.482 e. The maximum absolute atomic E-state index is 10.9. The van der Waals surface area contributed by atoms with E-state index < -0.39 is 0 Å². The van der Waals surface area contributed by atoms with Crippen LogP contribution in [0.15, 0.2) is 54.6 Å². The van der Waals surface area contributed by atoms with Gasteiger partial charge in [-0.1, -0.05) is 43.2 Å². The fourth-order valence-electron chi connectivity index (χ4n) is 4.71. The van der Waals surface area contributed by atoms with Gasteiger partial charge >= 0.3 is 0 Å². The number of rotatable bonds is 6. The average molecular weight is 380 g/mol. The lowest BCUT2D eigenvalue weighted by molar-refractivity contribution is -0.384. The highest BCUT2D eigenvalue weighted by molar-refractivity contribution is 5.37. The van der Waals surface area contributed by atoms with Gasteiger partial charge in [-0.2, -0.15) is 0 Å². The summed E-state index contributed by atoms with van der Waals surface area (Å²) in [5, 5.41) is 10.9. The van der Waals surface area contributed by atoms with Gasteiger partial charge in [-0.3, -0.25) is 10.1 Å². The zero-order chi connectivity index (χ0) is 19.4. The maximum atomic E-state index is 10.9. The van der Waals surface area contributed by atoms with E-state index in [1.54, 1.807) is 12.1 Å². The van der Waals surface area contributed by atoms with Crippen molar-refractivity contribution >= 4 is 5.69 Å². The molecule has 2 fully saturated rings. The van der Waals surface area contributed by atoms with E-state index in [9.17, 15) is 10.1 Å². The molecule has 2 aromatic rings. The first-order chi connectivity index (χ1) is 13.6. The van der Waals surface area contributed by atoms with Crippen LogP contribution in [0.2, 0.25) is 0 Å². The smallest absolute Gasteiger partial charge is 0.269 e. The van der Waals surface area contributed by atoms with Crippen LogP contribution in [0.3, 0.4) is 0 Å². The third kappa shape index (κ3) is 4.20. The van der Waals surface area contributed by atoms with Crippen molar-refractivity contribution in [3.8, 4) is 5.75 Å². The molecular formula is C23H28N2O3. The Morgan fingerprint density at radius 1 is 1.00 bits per heavy atom. The first kappa shape index (κ1) is 18.9. The van der Waals surface area contributed by atoms with E-state index in [1.807, 2.05) is 6.07 Å². The summed E-state index contributed by atoms with van der Waals surface area (Å²) in [5.41, 5.74) is 0.908. The molecule has 1 aliphatic carbocycles. The van der Waals surface area contributed by atoms with Crippen molar-refractivity contribution in [1.82, 2.24) is 4.90 Å². The van der Waals surface area contributed by atoms with E-state index >= 15 is 0 Å². The fraction of sp³-hybridized carbons (Fsp3) is 0.478. The summed E-state index contributed by atoms with van der Waals surface area (Å²) < 4.78 is 6.53. The monoisotopic (exact) mass is 380 g/mol. The number of hydrogen-bond donors (Lipinski definition) is 0. The quantitative estimate of drug-likeness (QED) is 0.513. The van der Waals surface area contributed by atoms with Crippen molar-refractivity contribution in [3.63, 3.8) is 0 Å². The van der Waals surface area contributed by atoms with E-state index in [0.29, 0.717) is 5.75 Å². The topological polar surface area (TPSA) is 55.6 Å². The van der Waals surface area contributed by atoms with Crippen LogP contribution >= 0.6 is 0 Å². The Kier molecular flexibility index (Phi) is 5.62. The number of hydrogen-bond acceptors (Lipinski definition) is 4. The Labute approximate surface area is 166 Å². The third-order valence-electron chi connectivity index (χ3n) is 6.32. The zero-order valence-electron chi connectivity index (χ0n) is 16.3. The molecule has 148 valence electrons. The van der Waals surface area contributed by atoms with Crippen molar-refractivity contribution in [3.05, 3.63) is 70.3 Å². The first-order valence-electron chi connectivity index (χ1n) is 10.4. The molecule has 1 saturated heterocycles. The molecule has 0 N–H and O–H groups in total. The molecule has 4 rings (SSSR count). The van der Waals surface area contributed by atoms with Crippen LogP contribution in [0.25, 0.3) is 0 Å². The van der Waals surface area contributed by atoms with Crippen molar-refractivity contribution in [2.75, 3.05) is 19.6 Å². The lowest BCUT2D eigenvalue weighted by atomic mass is 9.83. The van der Waals surface area contributed by atoms with Gasteiger partial charge < -0.3 is 9.64 Å². The van der Waals surface area contributed by atoms with Gasteiger partial charge in [-0.25, -0.2) is 0 Å². The number of nitro benzene ring substituents is 1. The molecule has 1 aliphatic heterocycles. The van der Waals surface area contributed by atoms with Crippen LogP contribution in [0.5, 0.6) is 5.75 Å². The summed E-state index contributed by atoms with van der Waals surface area (Å²) in [5.74, 6) is 1.55. The predicted molar refractivity (Wildman–Crippen MR) is 109 cm³/mol. The number of piperidine rings is 1. The van der Waals surface area contributed by atoms with Gasteiger partial charge in [0, 0.05) is 44.6 Å². The molecule has 5 heteroatoms. The average Bonchev–Trinajstić information content (AvgIpc) is 3.24. The summed E-state index contributed by atoms with van der Waals surface area (Å²) in [4.78, 5) is 13.1. The van der Waals surface area contributed by atoms with Gasteiger partial charge in [0.05, 0.1) is 4.92 Å². The second-order valence-corrected chi connectivity index (χ2v) is 8.16. The molecule has 1 heterocycles. The molecule has 1 saturated carbocycles. The molecule has 28 heavy (non-hydrogen) atoms. The van der Waals surface area contributed by atoms with Crippen molar-refractivity contribution in [2.45, 2.75) is 44.1 Å². The van der Waals surface area contributed by atoms with E-state index in [4.69, 9.17) is 4.74 Å². The SMILES string of the molecule is O=[N+]([O-])c1ccc(OC2(c3ccccc3)CCN(CC3CCCC3)CC2)cc1. The summed E-state index contributed by atoms with van der Waals surface area (Å²) in [6, 6.07) is 16.9. The van der Waals surface area contributed by atoms with E-state index in [-0.39, 0.29) is 16.2 Å². The summed E-state index contributed by atoms with van der Waals surface area (Å²) in [7, 11) is 0. The van der Waals surface area contributed by atoms with Gasteiger partial charge in [-0.15, -0.1) is 0 Å². The van der Waals surface area contributed by atoms with Gasteiger partial charge in [0.15, 0.2) is 0 Å². The van der Waals surface area contributed by atoms with Gasteiger partial charge in [0.2, 0.25) is 0 Å². The number of nitro groups is 1. The van der Waals surface area contributed by atoms with Crippen molar-refractivity contribution in [2.24, 2.45) is 5.92 Å². The standard InChI is InChI=1S/C23H28N2O3/c26-25(27)21-10-12-22(13-11-21)28-23(20-8-2-1-3-9-20)14-16-24(17-15-23)18-19-6-4-5-7-19/h1-3,8-13,19H,4-7,14-18H2. The van der Waals surface area contributed by atoms with Gasteiger partial charge in [-0.05, 0) is 36.5 Å². The summed E-state index contributed by atoms with van der Waals surface area (Å²) >= 11 is 0. The summed E-state index contributed by atoms with van der Waals surface area (Å²) in [6.07, 6.45) is 7.38. The molecule has 2 aliphatic rings. The highest BCUT2D eigenvalue weighted by atomic mass is 16.6. The first-order valence-corrected chi connectivity index (χ1v) is 10.4. The third-order valence-corrected chi connectivity index (χ3v) is 6.32. The van der Waals surface area contributed by atoms with Crippen LogP contribution in [-0.4, -0.2) is 29.5 Å². The number of benzene rings is 2. The summed E-state index contributed by atoms with van der Waals surface area (Å²) in [6.45, 7) is 3.26. The van der Waals surface area contributed by atoms with Crippen LogP contribution in [0.1, 0.15) is 44.1 Å². The number of non-ortho nitro benzene ring substituents is 1. The second kappa shape index (κ2) is 8.31. The van der Waals surface area contributed by atoms with Crippen LogP contribution in [-0.2, 0) is 5.60 Å². The van der Waals surface area contributed by atoms with E-state index in [1.165, 1.54) is 49.9 Å². The number of nitrogens with zero attached hydrogens (tertiary/aromatic N) is 2. The molecule has 0 spiro atoms.